The van der Waals surface area contributed by atoms with E-state index in [1.54, 1.807) is 11.1 Å². The fourth-order valence-corrected chi connectivity index (χ4v) is 9.35. The minimum atomic E-state index is -0.813. The van der Waals surface area contributed by atoms with E-state index >= 15 is 0 Å². The molecule has 2 bridgehead atoms. The number of carbonyl (C=O) groups excluding carboxylic acids is 4. The summed E-state index contributed by atoms with van der Waals surface area (Å²) in [5, 5.41) is 18.0. The van der Waals surface area contributed by atoms with Gasteiger partial charge in [-0.3, -0.25) is 9.59 Å². The number of amides is 4. The minimum absolute atomic E-state index is 0.102. The molecule has 2 saturated heterocycles. The third-order valence-corrected chi connectivity index (χ3v) is 12.4. The Bertz CT molecular complexity index is 2390. The quantitative estimate of drug-likeness (QED) is 0.109. The number of aliphatic hydroxyl groups excluding tert-OH is 1. The number of carbonyl (C=O) groups is 4. The Kier molecular flexibility index (Phi) is 10.8. The van der Waals surface area contributed by atoms with Crippen LogP contribution >= 0.6 is 0 Å². The highest BCUT2D eigenvalue weighted by Crippen LogP contribution is 2.50. The molecule has 15 nitrogen and oxygen atoms in total. The number of aromatic amines is 2. The van der Waals surface area contributed by atoms with Gasteiger partial charge in [-0.1, -0.05) is 70.2 Å². The second-order valence-electron chi connectivity index (χ2n) is 16.8. The van der Waals surface area contributed by atoms with E-state index in [2.05, 4.69) is 62.0 Å². The molecule has 0 radical (unpaired) electrons. The number of H-pyrrole nitrogens is 2. The van der Waals surface area contributed by atoms with E-state index in [0.717, 1.165) is 69.3 Å². The number of ether oxygens (including phenoxy) is 2. The van der Waals surface area contributed by atoms with Crippen LogP contribution in [0, 0.1) is 17.8 Å². The van der Waals surface area contributed by atoms with Crippen molar-refractivity contribution < 1.29 is 33.8 Å². The molecule has 310 valence electrons. The number of methoxy groups -OCH3 is 2. The molecular formula is C44H52N8O7. The largest absolute Gasteiger partial charge is 0.453 e. The topological polar surface area (TPSA) is 195 Å². The lowest BCUT2D eigenvalue weighted by Gasteiger charge is -2.37. The van der Waals surface area contributed by atoms with Crippen LogP contribution in [-0.4, -0.2) is 104 Å². The average Bonchev–Trinajstić information content (AvgIpc) is 4.09. The lowest BCUT2D eigenvalue weighted by Crippen LogP contribution is -2.54. The summed E-state index contributed by atoms with van der Waals surface area (Å²) in [6.45, 7) is 7.67. The van der Waals surface area contributed by atoms with Crippen molar-refractivity contribution in [3.63, 3.8) is 0 Å². The molecule has 1 aliphatic carbocycles. The van der Waals surface area contributed by atoms with Crippen LogP contribution in [-0.2, 0) is 19.1 Å². The Labute approximate surface area is 342 Å². The number of aromatic nitrogens is 4. The number of nitrogens with zero attached hydrogens (tertiary/aromatic N) is 4. The van der Waals surface area contributed by atoms with Crippen LogP contribution in [0.4, 0.5) is 9.59 Å². The van der Waals surface area contributed by atoms with Gasteiger partial charge in [0.05, 0.1) is 55.3 Å². The number of β-amino-alcohol motifs (C(OH)–C–C–N with tert-alkyl or cyclic N) is 1. The van der Waals surface area contributed by atoms with Crippen molar-refractivity contribution in [3.05, 3.63) is 72.4 Å². The van der Waals surface area contributed by atoms with Gasteiger partial charge in [0, 0.05) is 24.4 Å². The Balaban J connectivity index is 1.01. The van der Waals surface area contributed by atoms with E-state index in [0.29, 0.717) is 18.2 Å². The summed E-state index contributed by atoms with van der Waals surface area (Å²) >= 11 is 0. The van der Waals surface area contributed by atoms with Gasteiger partial charge < -0.3 is 45.0 Å². The zero-order chi connectivity index (χ0) is 41.7. The number of imidazole rings is 2. The molecule has 8 rings (SSSR count). The van der Waals surface area contributed by atoms with E-state index in [1.165, 1.54) is 14.2 Å². The summed E-state index contributed by atoms with van der Waals surface area (Å²) < 4.78 is 9.58. The van der Waals surface area contributed by atoms with Crippen LogP contribution in [0.25, 0.3) is 44.2 Å². The number of benzene rings is 3. The third-order valence-electron chi connectivity index (χ3n) is 12.4. The van der Waals surface area contributed by atoms with E-state index in [1.807, 2.05) is 50.8 Å². The molecule has 7 atom stereocenters. The van der Waals surface area contributed by atoms with Crippen molar-refractivity contribution in [1.29, 1.82) is 0 Å². The van der Waals surface area contributed by atoms with Gasteiger partial charge in [-0.2, -0.15) is 0 Å². The summed E-state index contributed by atoms with van der Waals surface area (Å²) in [5.41, 5.74) is 5.52. The van der Waals surface area contributed by atoms with E-state index < -0.39 is 36.4 Å². The smallest absolute Gasteiger partial charge is 0.407 e. The van der Waals surface area contributed by atoms with Gasteiger partial charge in [-0.25, -0.2) is 19.6 Å². The van der Waals surface area contributed by atoms with Gasteiger partial charge in [0.15, 0.2) is 0 Å². The van der Waals surface area contributed by atoms with Gasteiger partial charge in [-0.05, 0) is 71.2 Å². The molecular weight excluding hydrogens is 753 g/mol. The van der Waals surface area contributed by atoms with Crippen LogP contribution in [0.15, 0.2) is 60.8 Å². The monoisotopic (exact) mass is 804 g/mol. The fourth-order valence-electron chi connectivity index (χ4n) is 9.35. The highest BCUT2D eigenvalue weighted by atomic mass is 16.5. The second-order valence-corrected chi connectivity index (χ2v) is 16.8. The first-order valence-electron chi connectivity index (χ1n) is 20.4. The molecule has 1 saturated carbocycles. The van der Waals surface area contributed by atoms with E-state index in [-0.39, 0.29) is 42.3 Å². The number of nitrogens with one attached hydrogen (secondary N) is 4. The van der Waals surface area contributed by atoms with Gasteiger partial charge in [0.2, 0.25) is 11.8 Å². The van der Waals surface area contributed by atoms with E-state index in [4.69, 9.17) is 14.5 Å². The van der Waals surface area contributed by atoms with Crippen LogP contribution in [0.3, 0.4) is 0 Å². The maximum Gasteiger partial charge on any atom is 0.407 e. The highest BCUT2D eigenvalue weighted by molar-refractivity contribution is 6.05. The number of piperidine rings is 1. The summed E-state index contributed by atoms with van der Waals surface area (Å²) in [6, 6.07) is 16.5. The van der Waals surface area contributed by atoms with Gasteiger partial charge in [0.1, 0.15) is 23.7 Å². The predicted octanol–water partition coefficient (Wildman–Crippen LogP) is 6.22. The van der Waals surface area contributed by atoms with Crippen LogP contribution < -0.4 is 10.6 Å². The second kappa shape index (κ2) is 16.0. The lowest BCUT2D eigenvalue weighted by molar-refractivity contribution is -0.139. The molecule has 5 N–H and O–H groups in total. The molecule has 4 heterocycles. The number of aliphatic hydroxyl groups is 1. The van der Waals surface area contributed by atoms with Crippen LogP contribution in [0.5, 0.6) is 0 Å². The summed E-state index contributed by atoms with van der Waals surface area (Å²) in [7, 11) is 2.56. The first-order chi connectivity index (χ1) is 28.3. The summed E-state index contributed by atoms with van der Waals surface area (Å²) in [5.74, 6) is 0.907. The highest BCUT2D eigenvalue weighted by Gasteiger charge is 2.51. The maximum absolute atomic E-state index is 14.1. The standard InChI is InChI=1S/C44H52N8O7/c1-22(2)35(49-43(56)58-5)41(54)51-21-30(53)19-34(51)39-45-20-33(47-39)25-9-7-24(8-10-25)26-12-15-31-27(17-26)13-16-32-37(31)48-40(46-32)38-28-11-14-29(18-28)52(38)42(55)36(23(3)4)50-44(57)59-6/h7-10,12-13,15-17,20,22-23,28-30,34-36,38,53H,11,14,18-19,21H2,1-6H3,(H,45,47)(H,46,48)(H,49,56)(H,50,57)/t28-,29+,30+,34-,35-,36-,38-/m0/s1. The molecule has 2 aromatic heterocycles. The average molecular weight is 805 g/mol. The molecule has 0 spiro atoms. The molecule has 0 unspecified atom stereocenters. The molecule has 15 heteroatoms. The SMILES string of the molecule is COC(=O)N[C@H](C(=O)N1C[C@H](O)C[C@H]1c1ncc(-c2ccc(-c3ccc4c(ccc5[nH]c([C@@H]6[C@H]7CC[C@H](C7)N6C(=O)[C@@H](NC(=O)OC)C(C)C)nc54)c3)cc2)[nH]1)C(C)C. The van der Waals surface area contributed by atoms with Crippen molar-refractivity contribution in [1.82, 2.24) is 40.4 Å². The minimum Gasteiger partial charge on any atom is -0.453 e. The van der Waals surface area contributed by atoms with Gasteiger partial charge >= 0.3 is 12.2 Å². The summed E-state index contributed by atoms with van der Waals surface area (Å²) in [4.78, 5) is 72.1. The Morgan fingerprint density at radius 2 is 1.46 bits per heavy atom. The number of alkyl carbamates (subject to hydrolysis) is 2. The number of likely N-dealkylation sites (tertiary alicyclic amines) is 2. The zero-order valence-corrected chi connectivity index (χ0v) is 34.2. The third kappa shape index (κ3) is 7.47. The van der Waals surface area contributed by atoms with Crippen molar-refractivity contribution in [2.24, 2.45) is 17.8 Å². The number of hydrogen-bond acceptors (Lipinski definition) is 9. The van der Waals surface area contributed by atoms with Crippen molar-refractivity contribution in [3.8, 4) is 22.4 Å². The normalized spacial score (nSPS) is 22.4. The molecule has 3 fully saturated rings. The molecule has 3 aromatic carbocycles. The maximum atomic E-state index is 14.1. The molecule has 59 heavy (non-hydrogen) atoms. The van der Waals surface area contributed by atoms with Crippen molar-refractivity contribution in [2.75, 3.05) is 20.8 Å². The van der Waals surface area contributed by atoms with Gasteiger partial charge in [0.25, 0.3) is 0 Å². The van der Waals surface area contributed by atoms with Crippen molar-refractivity contribution >= 4 is 45.8 Å². The molecule has 2 aliphatic heterocycles. The molecule has 4 amide bonds. The zero-order valence-electron chi connectivity index (χ0n) is 34.2. The van der Waals surface area contributed by atoms with Gasteiger partial charge in [-0.15, -0.1) is 0 Å². The first kappa shape index (κ1) is 39.8. The summed E-state index contributed by atoms with van der Waals surface area (Å²) in [6.07, 6.45) is 2.91. The Morgan fingerprint density at radius 1 is 0.797 bits per heavy atom. The Hall–Kier alpha value is -5.96. The first-order valence-corrected chi connectivity index (χ1v) is 20.4. The predicted molar refractivity (Wildman–Crippen MR) is 221 cm³/mol. The van der Waals surface area contributed by atoms with E-state index in [9.17, 15) is 24.3 Å². The number of rotatable bonds is 10. The van der Waals surface area contributed by atoms with Crippen LogP contribution in [0.1, 0.15) is 77.1 Å². The lowest BCUT2D eigenvalue weighted by atomic mass is 9.95. The van der Waals surface area contributed by atoms with Crippen LogP contribution in [0.2, 0.25) is 0 Å². The number of fused-ring (bicyclic) bond motifs is 5. The van der Waals surface area contributed by atoms with Crippen molar-refractivity contribution in [2.45, 2.75) is 89.7 Å². The molecule has 5 aromatic rings. The molecule has 3 aliphatic rings. The fraction of sp³-hybridized carbons (Fsp3) is 0.455. The Morgan fingerprint density at radius 3 is 2.14 bits per heavy atom. The number of hydrogen-bond donors (Lipinski definition) is 5.